The number of fused-ring (bicyclic) bond motifs is 8. The Balaban J connectivity index is 1.93. The van der Waals surface area contributed by atoms with Crippen molar-refractivity contribution in [2.24, 2.45) is 0 Å². The number of rotatable bonds is 8. The number of hydrogen-bond acceptors (Lipinski definition) is 5. The monoisotopic (exact) mass is 598 g/mol. The third-order valence-electron chi connectivity index (χ3n) is 8.67. The number of aromatic amines is 2. The van der Waals surface area contributed by atoms with E-state index in [0.717, 1.165) is 78.9 Å². The number of hydrogen-bond donors (Lipinski definition) is 5. The molecule has 5 rings (SSSR count). The first-order chi connectivity index (χ1) is 20.4. The fourth-order valence-corrected chi connectivity index (χ4v) is 6.60. The molecule has 43 heavy (non-hydrogen) atoms. The second-order valence-electron chi connectivity index (χ2n) is 11.4. The van der Waals surface area contributed by atoms with Crippen molar-refractivity contribution in [3.63, 3.8) is 0 Å². The molecular weight excluding hydrogens is 560 g/mol. The van der Waals surface area contributed by atoms with E-state index < -0.39 is 11.9 Å². The molecule has 224 valence electrons. The summed E-state index contributed by atoms with van der Waals surface area (Å²) in [4.78, 5) is 40.4. The molecule has 2 aliphatic rings. The van der Waals surface area contributed by atoms with Gasteiger partial charge in [-0.05, 0) is 123 Å². The predicted octanol–water partition coefficient (Wildman–Crippen LogP) is 8.08. The van der Waals surface area contributed by atoms with Gasteiger partial charge in [0.15, 0.2) is 0 Å². The Morgan fingerprint density at radius 2 is 1.23 bits per heavy atom. The van der Waals surface area contributed by atoms with Gasteiger partial charge >= 0.3 is 11.9 Å². The van der Waals surface area contributed by atoms with Gasteiger partial charge in [0, 0.05) is 40.2 Å². The first-order valence-electron chi connectivity index (χ1n) is 14.7. The molecule has 0 saturated heterocycles. The molecule has 4 N–H and O–H groups in total. The first kappa shape index (κ1) is 30.4. The molecule has 0 aromatic carbocycles. The Kier molecular flexibility index (Phi) is 8.38. The van der Waals surface area contributed by atoms with E-state index in [0.29, 0.717) is 24.2 Å². The van der Waals surface area contributed by atoms with Crippen LogP contribution in [0.5, 0.6) is 0 Å². The predicted molar refractivity (Wildman–Crippen MR) is 176 cm³/mol. The molecule has 5 heterocycles. The van der Waals surface area contributed by atoms with Crippen LogP contribution >= 0.6 is 12.6 Å². The molecule has 1 atom stereocenters. The van der Waals surface area contributed by atoms with E-state index in [-0.39, 0.29) is 18.1 Å². The Hall–Kier alpha value is -4.11. The average Bonchev–Trinajstić information content (AvgIpc) is 3.59. The quantitative estimate of drug-likeness (QED) is 0.167. The molecule has 0 radical (unpaired) electrons. The lowest BCUT2D eigenvalue weighted by atomic mass is 9.98. The van der Waals surface area contributed by atoms with E-state index in [1.807, 2.05) is 32.0 Å². The molecule has 3 aromatic heterocycles. The molecule has 0 fully saturated rings. The number of allylic oxidation sites excluding steroid dienone is 4. The highest BCUT2D eigenvalue weighted by Gasteiger charge is 2.23. The van der Waals surface area contributed by atoms with Crippen LogP contribution in [0.25, 0.3) is 44.4 Å². The zero-order valence-corrected chi connectivity index (χ0v) is 26.4. The number of carboxylic acid groups (broad SMARTS) is 2. The Bertz CT molecular complexity index is 1890. The maximum Gasteiger partial charge on any atom is 0.303 e. The summed E-state index contributed by atoms with van der Waals surface area (Å²) >= 11 is 4.81. The largest absolute Gasteiger partial charge is 0.481 e. The smallest absolute Gasteiger partial charge is 0.303 e. The molecule has 8 bridgehead atoms. The lowest BCUT2D eigenvalue weighted by Gasteiger charge is -2.05. The summed E-state index contributed by atoms with van der Waals surface area (Å²) in [5.41, 5.74) is 14.8. The number of aromatic nitrogens is 4. The highest BCUT2D eigenvalue weighted by Crippen LogP contribution is 2.39. The first-order valence-corrected chi connectivity index (χ1v) is 15.2. The van der Waals surface area contributed by atoms with E-state index >= 15 is 0 Å². The second kappa shape index (κ2) is 11.9. The van der Waals surface area contributed by atoms with Crippen LogP contribution in [-0.2, 0) is 16.0 Å². The number of nitrogens with one attached hydrogen (secondary N) is 2. The summed E-state index contributed by atoms with van der Waals surface area (Å²) in [5, 5.41) is 18.9. The van der Waals surface area contributed by atoms with Crippen molar-refractivity contribution in [2.75, 3.05) is 0 Å². The Labute approximate surface area is 256 Å². The average molecular weight is 599 g/mol. The van der Waals surface area contributed by atoms with Crippen LogP contribution in [0, 0.1) is 13.8 Å². The van der Waals surface area contributed by atoms with Gasteiger partial charge in [0.1, 0.15) is 0 Å². The van der Waals surface area contributed by atoms with E-state index in [4.69, 9.17) is 22.6 Å². The normalized spacial score (nSPS) is 14.0. The topological polar surface area (TPSA) is 132 Å². The molecule has 0 unspecified atom stereocenters. The Morgan fingerprint density at radius 1 is 0.744 bits per heavy atom. The summed E-state index contributed by atoms with van der Waals surface area (Å²) in [6, 6.07) is 8.10. The molecule has 8 nitrogen and oxygen atoms in total. The minimum atomic E-state index is -0.880. The van der Waals surface area contributed by atoms with Crippen LogP contribution in [0.1, 0.15) is 104 Å². The van der Waals surface area contributed by atoms with Crippen molar-refractivity contribution in [3.8, 4) is 0 Å². The van der Waals surface area contributed by atoms with Crippen LogP contribution in [0.4, 0.5) is 0 Å². The number of H-pyrrole nitrogens is 2. The maximum atomic E-state index is 11.6. The summed E-state index contributed by atoms with van der Waals surface area (Å²) in [7, 11) is 0. The SMILES string of the molecule is CCc1c(C)c2cc3nc(cc4nc(cc5[nH]c(cc1[nH]2)c(C)c5[C@H](C)S)C(C)=C4CCC(=O)O)C(CCC(=O)O)=C3C. The number of carbonyl (C=O) groups is 2. The molecule has 0 amide bonds. The van der Waals surface area contributed by atoms with Crippen molar-refractivity contribution in [2.45, 2.75) is 78.9 Å². The van der Waals surface area contributed by atoms with Gasteiger partial charge in [-0.2, -0.15) is 12.6 Å². The standard InChI is InChI=1S/C34H38N4O4S/c1-7-21-16(2)24-12-25-17(3)22(8-10-32(39)40)29(36-25)15-30-23(9-11-33(41)42)18(4)26(37-30)14-31-34(20(6)43)19(5)27(38-31)13-28(21)35-24/h12-15,20,35,38,43H,7-11H2,1-6H3,(H,39,40)(H,41,42)/t20-/m0/s1. The molecule has 0 aliphatic carbocycles. The van der Waals surface area contributed by atoms with E-state index in [1.165, 1.54) is 5.56 Å². The number of thiol groups is 1. The number of aliphatic carboxylic acids is 2. The third-order valence-corrected chi connectivity index (χ3v) is 8.92. The fraction of sp³-hybridized carbons (Fsp3) is 0.353. The molecule has 0 spiro atoms. The van der Waals surface area contributed by atoms with Gasteiger partial charge in [-0.3, -0.25) is 9.59 Å². The molecule has 2 aliphatic heterocycles. The van der Waals surface area contributed by atoms with Crippen molar-refractivity contribution in [1.82, 2.24) is 19.9 Å². The van der Waals surface area contributed by atoms with Crippen LogP contribution in [0.3, 0.4) is 0 Å². The third kappa shape index (κ3) is 5.78. The maximum absolute atomic E-state index is 11.6. The Morgan fingerprint density at radius 3 is 1.72 bits per heavy atom. The highest BCUT2D eigenvalue weighted by molar-refractivity contribution is 7.80. The van der Waals surface area contributed by atoms with E-state index in [9.17, 15) is 19.8 Å². The molecule has 0 saturated carbocycles. The minimum absolute atomic E-state index is 0.0230. The second-order valence-corrected chi connectivity index (χ2v) is 12.2. The van der Waals surface area contributed by atoms with Crippen molar-refractivity contribution in [3.05, 3.63) is 69.3 Å². The van der Waals surface area contributed by atoms with Gasteiger partial charge in [0.25, 0.3) is 0 Å². The van der Waals surface area contributed by atoms with Gasteiger partial charge in [-0.15, -0.1) is 0 Å². The van der Waals surface area contributed by atoms with Crippen molar-refractivity contribution in [1.29, 1.82) is 0 Å². The van der Waals surface area contributed by atoms with Gasteiger partial charge in [-0.25, -0.2) is 9.97 Å². The molecule has 3 aromatic rings. The summed E-state index contributed by atoms with van der Waals surface area (Å²) in [6.45, 7) is 12.4. The van der Waals surface area contributed by atoms with E-state index in [1.54, 1.807) is 0 Å². The fourth-order valence-electron chi connectivity index (χ4n) is 6.27. The number of carboxylic acids is 2. The van der Waals surface area contributed by atoms with Gasteiger partial charge < -0.3 is 20.2 Å². The highest BCUT2D eigenvalue weighted by atomic mass is 32.1. The molecule has 9 heteroatoms. The van der Waals surface area contributed by atoms with E-state index in [2.05, 4.69) is 43.7 Å². The van der Waals surface area contributed by atoms with Gasteiger partial charge in [-0.1, -0.05) is 6.92 Å². The summed E-state index contributed by atoms with van der Waals surface area (Å²) < 4.78 is 0. The van der Waals surface area contributed by atoms with Crippen molar-refractivity contribution < 1.29 is 19.8 Å². The number of aryl methyl sites for hydroxylation is 3. The van der Waals surface area contributed by atoms with Crippen molar-refractivity contribution >= 4 is 68.9 Å². The van der Waals surface area contributed by atoms with Crippen LogP contribution in [0.2, 0.25) is 0 Å². The number of nitrogens with zero attached hydrogens (tertiary/aromatic N) is 2. The van der Waals surface area contributed by atoms with Gasteiger partial charge in [0.2, 0.25) is 0 Å². The van der Waals surface area contributed by atoms with Crippen LogP contribution < -0.4 is 0 Å². The summed E-state index contributed by atoms with van der Waals surface area (Å²) in [5.74, 6) is -1.76. The lowest BCUT2D eigenvalue weighted by Crippen LogP contribution is -1.97. The summed E-state index contributed by atoms with van der Waals surface area (Å²) in [6.07, 6.45) is 1.45. The zero-order chi connectivity index (χ0) is 31.2. The zero-order valence-electron chi connectivity index (χ0n) is 25.5. The van der Waals surface area contributed by atoms with Gasteiger partial charge in [0.05, 0.1) is 22.8 Å². The van der Waals surface area contributed by atoms with Crippen LogP contribution in [0.15, 0.2) is 24.3 Å². The molecular formula is C34H38N4O4S. The minimum Gasteiger partial charge on any atom is -0.481 e. The van der Waals surface area contributed by atoms with Crippen LogP contribution in [-0.4, -0.2) is 42.1 Å². The lowest BCUT2D eigenvalue weighted by molar-refractivity contribution is -0.137.